The van der Waals surface area contributed by atoms with Gasteiger partial charge in [-0.3, -0.25) is 9.78 Å². The second kappa shape index (κ2) is 6.18. The third-order valence-corrected chi connectivity index (χ3v) is 4.06. The summed E-state index contributed by atoms with van der Waals surface area (Å²) in [5.74, 6) is 0.140. The minimum Gasteiger partial charge on any atom is -0.368 e. The summed E-state index contributed by atoms with van der Waals surface area (Å²) in [7, 11) is 0. The number of hydrogen-bond donors (Lipinski definition) is 0. The molecule has 0 aliphatic carbocycles. The number of amides is 1. The van der Waals surface area contributed by atoms with Gasteiger partial charge < -0.3 is 9.80 Å². The minimum atomic E-state index is 0.140. The van der Waals surface area contributed by atoms with Gasteiger partial charge in [0.1, 0.15) is 0 Å². The highest BCUT2D eigenvalue weighted by atomic mass is 16.2. The zero-order valence-electron chi connectivity index (χ0n) is 13.1. The fraction of sp³-hybridized carbons (Fsp3) is 0.333. The molecule has 1 fully saturated rings. The van der Waals surface area contributed by atoms with Crippen LogP contribution in [0.1, 0.15) is 21.5 Å². The van der Waals surface area contributed by atoms with Gasteiger partial charge in [-0.15, -0.1) is 0 Å². The third kappa shape index (κ3) is 3.11. The van der Waals surface area contributed by atoms with Crippen LogP contribution in [0.25, 0.3) is 0 Å². The summed E-state index contributed by atoms with van der Waals surface area (Å²) in [5, 5.41) is 0. The molecule has 1 aliphatic rings. The number of pyridine rings is 1. The van der Waals surface area contributed by atoms with Crippen LogP contribution < -0.4 is 4.90 Å². The maximum absolute atomic E-state index is 12.6. The number of carbonyl (C=O) groups excluding carboxylic acids is 1. The molecule has 22 heavy (non-hydrogen) atoms. The maximum atomic E-state index is 12.6. The lowest BCUT2D eigenvalue weighted by atomic mass is 10.1. The average Bonchev–Trinajstić information content (AvgIpc) is 2.54. The van der Waals surface area contributed by atoms with Crippen molar-refractivity contribution in [1.82, 2.24) is 9.88 Å². The molecule has 0 spiro atoms. The molecule has 0 unspecified atom stereocenters. The molecular weight excluding hydrogens is 274 g/mol. The van der Waals surface area contributed by atoms with Gasteiger partial charge in [0.25, 0.3) is 5.91 Å². The van der Waals surface area contributed by atoms with E-state index in [-0.39, 0.29) is 5.91 Å². The lowest BCUT2D eigenvalue weighted by Crippen LogP contribution is -2.48. The maximum Gasteiger partial charge on any atom is 0.253 e. The zero-order chi connectivity index (χ0) is 15.5. The Balaban J connectivity index is 1.67. The van der Waals surface area contributed by atoms with Gasteiger partial charge in [0.05, 0.1) is 0 Å². The summed E-state index contributed by atoms with van der Waals surface area (Å²) < 4.78 is 0. The Morgan fingerprint density at radius 1 is 0.955 bits per heavy atom. The molecule has 1 aliphatic heterocycles. The van der Waals surface area contributed by atoms with Crippen molar-refractivity contribution >= 4 is 11.6 Å². The molecule has 2 heterocycles. The summed E-state index contributed by atoms with van der Waals surface area (Å²) in [6, 6.07) is 10.1. The molecule has 4 heteroatoms. The second-order valence-corrected chi connectivity index (χ2v) is 5.86. The minimum absolute atomic E-state index is 0.140. The summed E-state index contributed by atoms with van der Waals surface area (Å²) in [5.41, 5.74) is 4.25. The zero-order valence-corrected chi connectivity index (χ0v) is 13.1. The van der Waals surface area contributed by atoms with E-state index in [1.165, 1.54) is 5.69 Å². The van der Waals surface area contributed by atoms with Crippen molar-refractivity contribution in [3.8, 4) is 0 Å². The van der Waals surface area contributed by atoms with Gasteiger partial charge in [0.15, 0.2) is 0 Å². The number of hydrogen-bond acceptors (Lipinski definition) is 3. The number of nitrogens with zero attached hydrogens (tertiary/aromatic N) is 3. The first-order valence-electron chi connectivity index (χ1n) is 7.66. The first-order chi connectivity index (χ1) is 10.6. The molecule has 0 atom stereocenters. The average molecular weight is 295 g/mol. The Hall–Kier alpha value is -2.36. The quantitative estimate of drug-likeness (QED) is 0.854. The number of anilines is 1. The van der Waals surface area contributed by atoms with Crippen LogP contribution in [0.15, 0.2) is 42.7 Å². The Kier molecular flexibility index (Phi) is 4.09. The van der Waals surface area contributed by atoms with Crippen LogP contribution in [-0.2, 0) is 0 Å². The van der Waals surface area contributed by atoms with Crippen LogP contribution in [-0.4, -0.2) is 42.0 Å². The molecule has 2 aromatic rings. The van der Waals surface area contributed by atoms with Gasteiger partial charge in [-0.25, -0.2) is 0 Å². The molecule has 1 aromatic carbocycles. The van der Waals surface area contributed by atoms with Gasteiger partial charge in [0, 0.05) is 49.8 Å². The highest BCUT2D eigenvalue weighted by Gasteiger charge is 2.22. The van der Waals surface area contributed by atoms with Gasteiger partial charge in [-0.1, -0.05) is 17.2 Å². The molecule has 4 nitrogen and oxygen atoms in total. The first kappa shape index (κ1) is 14.6. The molecule has 0 bridgehead atoms. The number of carbonyl (C=O) groups is 1. The Morgan fingerprint density at radius 3 is 2.14 bits per heavy atom. The van der Waals surface area contributed by atoms with Crippen LogP contribution in [0.5, 0.6) is 0 Å². The lowest BCUT2D eigenvalue weighted by Gasteiger charge is -2.36. The van der Waals surface area contributed by atoms with Crippen molar-refractivity contribution in [2.75, 3.05) is 31.1 Å². The molecule has 0 saturated carbocycles. The van der Waals surface area contributed by atoms with Crippen molar-refractivity contribution in [2.45, 2.75) is 13.8 Å². The van der Waals surface area contributed by atoms with E-state index < -0.39 is 0 Å². The van der Waals surface area contributed by atoms with E-state index in [2.05, 4.69) is 16.0 Å². The molecule has 1 amide bonds. The summed E-state index contributed by atoms with van der Waals surface area (Å²) >= 11 is 0. The van der Waals surface area contributed by atoms with Crippen LogP contribution >= 0.6 is 0 Å². The molecule has 0 radical (unpaired) electrons. The first-order valence-corrected chi connectivity index (χ1v) is 7.66. The Morgan fingerprint density at radius 2 is 1.55 bits per heavy atom. The highest BCUT2D eigenvalue weighted by molar-refractivity contribution is 5.94. The van der Waals surface area contributed by atoms with E-state index in [0.29, 0.717) is 0 Å². The van der Waals surface area contributed by atoms with Crippen molar-refractivity contribution in [1.29, 1.82) is 0 Å². The second-order valence-electron chi connectivity index (χ2n) is 5.86. The van der Waals surface area contributed by atoms with E-state index in [4.69, 9.17) is 0 Å². The lowest BCUT2D eigenvalue weighted by molar-refractivity contribution is 0.0746. The predicted octanol–water partition coefficient (Wildman–Crippen LogP) is 2.66. The number of rotatable bonds is 2. The monoisotopic (exact) mass is 295 g/mol. The molecule has 114 valence electrons. The van der Waals surface area contributed by atoms with Gasteiger partial charge in [-0.05, 0) is 38.1 Å². The number of aromatic nitrogens is 1. The topological polar surface area (TPSA) is 36.4 Å². The van der Waals surface area contributed by atoms with Crippen LogP contribution in [0.3, 0.4) is 0 Å². The van der Waals surface area contributed by atoms with Crippen molar-refractivity contribution < 1.29 is 4.79 Å². The molecule has 1 saturated heterocycles. The molecule has 0 N–H and O–H groups in total. The SMILES string of the molecule is Cc1cc(C)cc(C(=O)N2CCN(c3ccncc3)CC2)c1. The van der Waals surface area contributed by atoms with Crippen LogP contribution in [0.4, 0.5) is 5.69 Å². The van der Waals surface area contributed by atoms with E-state index >= 15 is 0 Å². The van der Waals surface area contributed by atoms with E-state index in [1.54, 1.807) is 0 Å². The largest absolute Gasteiger partial charge is 0.368 e. The standard InChI is InChI=1S/C18H21N3O/c1-14-11-15(2)13-16(12-14)18(22)21-9-7-20(8-10-21)17-3-5-19-6-4-17/h3-6,11-13H,7-10H2,1-2H3. The van der Waals surface area contributed by atoms with Crippen LogP contribution in [0, 0.1) is 13.8 Å². The third-order valence-electron chi connectivity index (χ3n) is 4.06. The van der Waals surface area contributed by atoms with Gasteiger partial charge >= 0.3 is 0 Å². The normalized spacial score (nSPS) is 15.0. The van der Waals surface area contributed by atoms with Gasteiger partial charge in [0.2, 0.25) is 0 Å². The Bertz CT molecular complexity index is 641. The number of benzene rings is 1. The van der Waals surface area contributed by atoms with E-state index in [0.717, 1.165) is 42.9 Å². The summed E-state index contributed by atoms with van der Waals surface area (Å²) in [6.45, 7) is 7.31. The van der Waals surface area contributed by atoms with E-state index in [9.17, 15) is 4.79 Å². The van der Waals surface area contributed by atoms with Crippen molar-refractivity contribution in [3.05, 3.63) is 59.4 Å². The predicted molar refractivity (Wildman–Crippen MR) is 88.3 cm³/mol. The summed E-state index contributed by atoms with van der Waals surface area (Å²) in [6.07, 6.45) is 3.62. The fourth-order valence-corrected chi connectivity index (χ4v) is 3.00. The fourth-order valence-electron chi connectivity index (χ4n) is 3.00. The number of aryl methyl sites for hydroxylation is 2. The molecule has 1 aromatic heterocycles. The van der Waals surface area contributed by atoms with Crippen LogP contribution in [0.2, 0.25) is 0 Å². The summed E-state index contributed by atoms with van der Waals surface area (Å²) in [4.78, 5) is 20.9. The molecule has 3 rings (SSSR count). The van der Waals surface area contributed by atoms with Crippen molar-refractivity contribution in [2.24, 2.45) is 0 Å². The number of piperazine rings is 1. The highest BCUT2D eigenvalue weighted by Crippen LogP contribution is 2.17. The van der Waals surface area contributed by atoms with E-state index in [1.807, 2.05) is 55.4 Å². The van der Waals surface area contributed by atoms with Gasteiger partial charge in [-0.2, -0.15) is 0 Å². The smallest absolute Gasteiger partial charge is 0.253 e. The van der Waals surface area contributed by atoms with Crippen molar-refractivity contribution in [3.63, 3.8) is 0 Å². The molecular formula is C18H21N3O. The Labute approximate surface area is 131 Å².